The van der Waals surface area contributed by atoms with E-state index in [0.717, 1.165) is 29.9 Å². The molecule has 1 aromatic carbocycles. The first-order valence-electron chi connectivity index (χ1n) is 6.16. The smallest absolute Gasteiger partial charge is 0.190 e. The van der Waals surface area contributed by atoms with Gasteiger partial charge in [0.2, 0.25) is 0 Å². The summed E-state index contributed by atoms with van der Waals surface area (Å²) in [6, 6.07) is 6.29. The molecule has 2 rings (SSSR count). The van der Waals surface area contributed by atoms with Crippen molar-refractivity contribution < 1.29 is 4.39 Å². The molecule has 0 fully saturated rings. The maximum Gasteiger partial charge on any atom is 0.190 e. The lowest BCUT2D eigenvalue weighted by molar-refractivity contribution is 0.605. The summed E-state index contributed by atoms with van der Waals surface area (Å²) >= 11 is 1.63. The van der Waals surface area contributed by atoms with Crippen LogP contribution in [0.4, 0.5) is 10.1 Å². The van der Waals surface area contributed by atoms with E-state index in [2.05, 4.69) is 28.8 Å². The van der Waals surface area contributed by atoms with Gasteiger partial charge in [-0.05, 0) is 37.6 Å². The van der Waals surface area contributed by atoms with Crippen LogP contribution >= 0.6 is 11.3 Å². The van der Waals surface area contributed by atoms with Crippen LogP contribution in [0.1, 0.15) is 25.5 Å². The quantitative estimate of drug-likeness (QED) is 0.793. The Morgan fingerprint density at radius 3 is 2.67 bits per heavy atom. The largest absolute Gasteiger partial charge is 0.321 e. The monoisotopic (exact) mass is 264 g/mol. The van der Waals surface area contributed by atoms with Crippen molar-refractivity contribution in [1.29, 1.82) is 0 Å². The maximum atomic E-state index is 12.8. The average molecular weight is 264 g/mol. The summed E-state index contributed by atoms with van der Waals surface area (Å²) in [5, 5.41) is 2.11. The van der Waals surface area contributed by atoms with Crippen molar-refractivity contribution in [1.82, 2.24) is 4.57 Å². The van der Waals surface area contributed by atoms with Crippen LogP contribution in [-0.4, -0.2) is 4.57 Å². The Bertz CT molecular complexity index is 566. The van der Waals surface area contributed by atoms with Gasteiger partial charge in [0.1, 0.15) is 5.82 Å². The predicted molar refractivity (Wildman–Crippen MR) is 73.6 cm³/mol. The van der Waals surface area contributed by atoms with Gasteiger partial charge in [-0.15, -0.1) is 11.3 Å². The second-order valence-electron chi connectivity index (χ2n) is 4.25. The van der Waals surface area contributed by atoms with E-state index in [0.29, 0.717) is 0 Å². The van der Waals surface area contributed by atoms with Crippen LogP contribution in [0.2, 0.25) is 0 Å². The van der Waals surface area contributed by atoms with E-state index < -0.39 is 0 Å². The van der Waals surface area contributed by atoms with Gasteiger partial charge in [-0.2, -0.15) is 0 Å². The molecule has 0 N–H and O–H groups in total. The van der Waals surface area contributed by atoms with E-state index in [4.69, 9.17) is 0 Å². The molecule has 1 aromatic heterocycles. The number of halogens is 1. The summed E-state index contributed by atoms with van der Waals surface area (Å²) in [5.41, 5.74) is 2.03. The van der Waals surface area contributed by atoms with Crippen molar-refractivity contribution in [2.75, 3.05) is 0 Å². The molecule has 0 saturated heterocycles. The van der Waals surface area contributed by atoms with Crippen LogP contribution in [0.5, 0.6) is 0 Å². The van der Waals surface area contributed by atoms with Crippen LogP contribution in [-0.2, 0) is 6.54 Å². The number of thiazole rings is 1. The van der Waals surface area contributed by atoms with Crippen molar-refractivity contribution in [3.8, 4) is 0 Å². The molecule has 0 saturated carbocycles. The van der Waals surface area contributed by atoms with Crippen LogP contribution in [0.3, 0.4) is 0 Å². The zero-order valence-corrected chi connectivity index (χ0v) is 11.5. The normalized spacial score (nSPS) is 12.1. The Balaban J connectivity index is 2.35. The summed E-state index contributed by atoms with van der Waals surface area (Å²) in [7, 11) is 0. The standard InChI is InChI=1S/C14H17FN2S/c1-3-4-9-17-11(2)10-18-14(17)16-13-7-5-12(15)6-8-13/h5-8,10H,3-4,9H2,1-2H3. The fourth-order valence-corrected chi connectivity index (χ4v) is 2.64. The topological polar surface area (TPSA) is 17.3 Å². The third-order valence-electron chi connectivity index (χ3n) is 2.78. The minimum Gasteiger partial charge on any atom is -0.321 e. The second-order valence-corrected chi connectivity index (χ2v) is 5.09. The molecule has 0 radical (unpaired) electrons. The highest BCUT2D eigenvalue weighted by Gasteiger charge is 2.00. The van der Waals surface area contributed by atoms with Gasteiger partial charge in [-0.25, -0.2) is 9.38 Å². The predicted octanol–water partition coefficient (Wildman–Crippen LogP) is 4.03. The summed E-state index contributed by atoms with van der Waals surface area (Å²) in [5.74, 6) is -0.227. The number of aryl methyl sites for hydroxylation is 1. The van der Waals surface area contributed by atoms with Gasteiger partial charge in [0, 0.05) is 17.6 Å². The van der Waals surface area contributed by atoms with Gasteiger partial charge in [-0.1, -0.05) is 13.3 Å². The number of benzene rings is 1. The number of nitrogens with zero attached hydrogens (tertiary/aromatic N) is 2. The fourth-order valence-electron chi connectivity index (χ4n) is 1.72. The Morgan fingerprint density at radius 1 is 1.28 bits per heavy atom. The molecule has 0 aliphatic heterocycles. The number of rotatable bonds is 4. The maximum absolute atomic E-state index is 12.8. The van der Waals surface area contributed by atoms with E-state index in [1.165, 1.54) is 17.8 Å². The number of aromatic nitrogens is 1. The molecule has 2 nitrogen and oxygen atoms in total. The van der Waals surface area contributed by atoms with Gasteiger partial charge in [0.15, 0.2) is 4.80 Å². The van der Waals surface area contributed by atoms with Gasteiger partial charge >= 0.3 is 0 Å². The first kappa shape index (κ1) is 13.0. The minimum atomic E-state index is -0.227. The number of hydrogen-bond donors (Lipinski definition) is 0. The first-order valence-corrected chi connectivity index (χ1v) is 7.04. The third-order valence-corrected chi connectivity index (χ3v) is 3.76. The zero-order valence-electron chi connectivity index (χ0n) is 10.7. The Hall–Kier alpha value is -1.42. The van der Waals surface area contributed by atoms with Crippen molar-refractivity contribution in [2.45, 2.75) is 33.2 Å². The number of unbranched alkanes of at least 4 members (excludes halogenated alkanes) is 1. The molecule has 0 bridgehead atoms. The summed E-state index contributed by atoms with van der Waals surface area (Å²) < 4.78 is 15.1. The van der Waals surface area contributed by atoms with Crippen molar-refractivity contribution in [3.63, 3.8) is 0 Å². The Kier molecular flexibility index (Phi) is 4.31. The van der Waals surface area contributed by atoms with E-state index in [9.17, 15) is 4.39 Å². The lowest BCUT2D eigenvalue weighted by Gasteiger charge is -2.04. The van der Waals surface area contributed by atoms with Crippen LogP contribution < -0.4 is 4.80 Å². The molecule has 0 atom stereocenters. The molecule has 0 unspecified atom stereocenters. The molecular weight excluding hydrogens is 247 g/mol. The second kappa shape index (κ2) is 5.96. The molecular formula is C14H17FN2S. The van der Waals surface area contributed by atoms with Gasteiger partial charge in [-0.3, -0.25) is 0 Å². The van der Waals surface area contributed by atoms with E-state index >= 15 is 0 Å². The zero-order chi connectivity index (χ0) is 13.0. The Labute approximate surface area is 110 Å². The highest BCUT2D eigenvalue weighted by atomic mass is 32.1. The molecule has 18 heavy (non-hydrogen) atoms. The average Bonchev–Trinajstić information content (AvgIpc) is 2.71. The molecule has 96 valence electrons. The lowest BCUT2D eigenvalue weighted by atomic mass is 10.3. The van der Waals surface area contributed by atoms with Crippen LogP contribution in [0.25, 0.3) is 0 Å². The summed E-state index contributed by atoms with van der Waals surface area (Å²) in [6.45, 7) is 5.26. The van der Waals surface area contributed by atoms with E-state index in [-0.39, 0.29) is 5.82 Å². The van der Waals surface area contributed by atoms with Crippen molar-refractivity contribution >= 4 is 17.0 Å². The Morgan fingerprint density at radius 2 is 2.00 bits per heavy atom. The van der Waals surface area contributed by atoms with Gasteiger partial charge in [0.25, 0.3) is 0 Å². The van der Waals surface area contributed by atoms with Crippen LogP contribution in [0, 0.1) is 12.7 Å². The molecule has 0 aliphatic carbocycles. The molecule has 0 aliphatic rings. The minimum absolute atomic E-state index is 0.227. The third kappa shape index (κ3) is 3.07. The van der Waals surface area contributed by atoms with Crippen molar-refractivity contribution in [2.24, 2.45) is 4.99 Å². The van der Waals surface area contributed by atoms with Crippen LogP contribution in [0.15, 0.2) is 34.6 Å². The first-order chi connectivity index (χ1) is 8.70. The molecule has 4 heteroatoms. The van der Waals surface area contributed by atoms with Crippen molar-refractivity contribution in [3.05, 3.63) is 46.0 Å². The van der Waals surface area contributed by atoms with E-state index in [1.54, 1.807) is 23.5 Å². The highest BCUT2D eigenvalue weighted by Crippen LogP contribution is 2.12. The summed E-state index contributed by atoms with van der Waals surface area (Å²) in [6.07, 6.45) is 2.31. The summed E-state index contributed by atoms with van der Waals surface area (Å²) in [4.78, 5) is 5.55. The van der Waals surface area contributed by atoms with Gasteiger partial charge < -0.3 is 4.57 Å². The lowest BCUT2D eigenvalue weighted by Crippen LogP contribution is -2.15. The number of hydrogen-bond acceptors (Lipinski definition) is 2. The fraction of sp³-hybridized carbons (Fsp3) is 0.357. The SMILES string of the molecule is CCCCn1c(C)csc1=Nc1ccc(F)cc1. The highest BCUT2D eigenvalue weighted by molar-refractivity contribution is 7.07. The van der Waals surface area contributed by atoms with Gasteiger partial charge in [0.05, 0.1) is 5.69 Å². The molecule has 0 spiro atoms. The molecule has 1 heterocycles. The molecule has 2 aromatic rings. The van der Waals surface area contributed by atoms with E-state index in [1.807, 2.05) is 0 Å². The molecule has 0 amide bonds.